The highest BCUT2D eigenvalue weighted by Gasteiger charge is 2.18. The van der Waals surface area contributed by atoms with Gasteiger partial charge >= 0.3 is 0 Å². The zero-order valence-corrected chi connectivity index (χ0v) is 16.5. The second-order valence-corrected chi connectivity index (χ2v) is 7.28. The van der Waals surface area contributed by atoms with Crippen molar-refractivity contribution >= 4 is 23.4 Å². The van der Waals surface area contributed by atoms with Crippen LogP contribution in [0.4, 0.5) is 14.5 Å². The third kappa shape index (κ3) is 4.58. The minimum atomic E-state index is -0.831. The van der Waals surface area contributed by atoms with Gasteiger partial charge in [-0.1, -0.05) is 72.4 Å². The Kier molecular flexibility index (Phi) is 5.90. The minimum Gasteiger partial charge on any atom is -0.431 e. The number of nitrogens with one attached hydrogen (secondary N) is 1. The van der Waals surface area contributed by atoms with Crippen LogP contribution in [-0.4, -0.2) is 16.6 Å². The van der Waals surface area contributed by atoms with Crippen molar-refractivity contribution in [2.24, 2.45) is 0 Å². The Balaban J connectivity index is 1.53. The molecule has 4 rings (SSSR count). The first-order valence-electron chi connectivity index (χ1n) is 9.09. The van der Waals surface area contributed by atoms with Crippen LogP contribution in [-0.2, 0) is 4.79 Å². The molecule has 0 fully saturated rings. The van der Waals surface area contributed by atoms with Gasteiger partial charge in [-0.25, -0.2) is 13.8 Å². The van der Waals surface area contributed by atoms with Gasteiger partial charge in [0.1, 0.15) is 17.3 Å². The van der Waals surface area contributed by atoms with Crippen LogP contribution >= 0.6 is 11.8 Å². The van der Waals surface area contributed by atoms with Gasteiger partial charge in [-0.2, -0.15) is 0 Å². The summed E-state index contributed by atoms with van der Waals surface area (Å²) in [6.45, 7) is 0. The Morgan fingerprint density at radius 2 is 1.60 bits per heavy atom. The molecular formula is C23H16F2N2O2S. The van der Waals surface area contributed by atoms with Crippen molar-refractivity contribution in [2.75, 3.05) is 11.1 Å². The maximum absolute atomic E-state index is 13.7. The topological polar surface area (TPSA) is 55.1 Å². The van der Waals surface area contributed by atoms with E-state index in [0.29, 0.717) is 16.7 Å². The van der Waals surface area contributed by atoms with E-state index >= 15 is 0 Å². The van der Waals surface area contributed by atoms with Gasteiger partial charge in [-0.3, -0.25) is 4.79 Å². The average molecular weight is 422 g/mol. The Labute approximate surface area is 176 Å². The zero-order valence-electron chi connectivity index (χ0n) is 15.6. The van der Waals surface area contributed by atoms with Gasteiger partial charge < -0.3 is 9.73 Å². The first-order chi connectivity index (χ1) is 14.6. The number of nitrogens with zero attached hydrogens (tertiary/aromatic N) is 1. The number of carbonyl (C=O) groups excluding carboxylic acids is 1. The Morgan fingerprint density at radius 1 is 0.933 bits per heavy atom. The van der Waals surface area contributed by atoms with Crippen LogP contribution < -0.4 is 5.32 Å². The predicted molar refractivity (Wildman–Crippen MR) is 113 cm³/mol. The van der Waals surface area contributed by atoms with E-state index in [1.165, 1.54) is 6.07 Å². The summed E-state index contributed by atoms with van der Waals surface area (Å²) < 4.78 is 32.7. The average Bonchev–Trinajstić information content (AvgIpc) is 3.20. The van der Waals surface area contributed by atoms with Crippen molar-refractivity contribution in [3.63, 3.8) is 0 Å². The van der Waals surface area contributed by atoms with Crippen molar-refractivity contribution in [2.45, 2.75) is 5.22 Å². The molecule has 1 aromatic heterocycles. The van der Waals surface area contributed by atoms with Crippen molar-refractivity contribution in [3.05, 3.63) is 90.5 Å². The van der Waals surface area contributed by atoms with Crippen LogP contribution in [0.3, 0.4) is 0 Å². The monoisotopic (exact) mass is 422 g/mol. The quantitative estimate of drug-likeness (QED) is 0.386. The molecule has 0 radical (unpaired) electrons. The number of rotatable bonds is 6. The number of benzene rings is 3. The van der Waals surface area contributed by atoms with E-state index in [1.54, 1.807) is 0 Å². The molecule has 0 aliphatic carbocycles. The van der Waals surface area contributed by atoms with E-state index in [1.807, 2.05) is 60.7 Å². The molecule has 0 unspecified atom stereocenters. The van der Waals surface area contributed by atoms with Crippen LogP contribution in [0.2, 0.25) is 0 Å². The summed E-state index contributed by atoms with van der Waals surface area (Å²) in [5.41, 5.74) is 2.36. The standard InChI is InChI=1S/C23H16F2N2O2S/c24-17-11-12-19(18(25)13-17)26-20(28)14-30-23-27-21(15-7-3-1-4-8-15)22(29-23)16-9-5-2-6-10-16/h1-13H,14H2,(H,26,28). The lowest BCUT2D eigenvalue weighted by Gasteiger charge is -2.05. The summed E-state index contributed by atoms with van der Waals surface area (Å²) in [4.78, 5) is 16.8. The zero-order chi connectivity index (χ0) is 20.9. The van der Waals surface area contributed by atoms with E-state index in [2.05, 4.69) is 10.3 Å². The molecule has 4 aromatic rings. The summed E-state index contributed by atoms with van der Waals surface area (Å²) in [6, 6.07) is 22.2. The van der Waals surface area contributed by atoms with E-state index in [4.69, 9.17) is 4.42 Å². The first kappa shape index (κ1) is 19.8. The second kappa shape index (κ2) is 8.92. The van der Waals surface area contributed by atoms with Gasteiger partial charge in [0.25, 0.3) is 5.22 Å². The molecular weight excluding hydrogens is 406 g/mol. The van der Waals surface area contributed by atoms with Crippen LogP contribution in [0.5, 0.6) is 0 Å². The number of halogens is 2. The fraction of sp³-hybridized carbons (Fsp3) is 0.0435. The molecule has 0 atom stereocenters. The molecule has 3 aromatic carbocycles. The van der Waals surface area contributed by atoms with Crippen molar-refractivity contribution in [3.8, 4) is 22.6 Å². The van der Waals surface area contributed by atoms with E-state index in [0.717, 1.165) is 35.0 Å². The van der Waals surface area contributed by atoms with Crippen LogP contribution in [0.15, 0.2) is 88.5 Å². The highest BCUT2D eigenvalue weighted by molar-refractivity contribution is 7.99. The van der Waals surface area contributed by atoms with Crippen LogP contribution in [0.1, 0.15) is 0 Å². The van der Waals surface area contributed by atoms with E-state index < -0.39 is 17.5 Å². The van der Waals surface area contributed by atoms with Crippen molar-refractivity contribution in [1.29, 1.82) is 0 Å². The summed E-state index contributed by atoms with van der Waals surface area (Å²) in [6.07, 6.45) is 0. The number of aromatic nitrogens is 1. The maximum Gasteiger partial charge on any atom is 0.257 e. The third-order valence-corrected chi connectivity index (χ3v) is 5.05. The molecule has 0 spiro atoms. The molecule has 0 aliphatic rings. The van der Waals surface area contributed by atoms with Crippen molar-refractivity contribution in [1.82, 2.24) is 4.98 Å². The van der Waals surface area contributed by atoms with Gasteiger partial charge in [0.15, 0.2) is 5.76 Å². The number of oxazole rings is 1. The largest absolute Gasteiger partial charge is 0.431 e. The van der Waals surface area contributed by atoms with Gasteiger partial charge in [-0.05, 0) is 12.1 Å². The minimum absolute atomic E-state index is 0.0419. The Morgan fingerprint density at radius 3 is 2.27 bits per heavy atom. The fourth-order valence-electron chi connectivity index (χ4n) is 2.84. The van der Waals surface area contributed by atoms with Gasteiger partial charge in [0.05, 0.1) is 11.4 Å². The molecule has 0 saturated heterocycles. The molecule has 4 nitrogen and oxygen atoms in total. The Bertz CT molecular complexity index is 1110. The highest BCUT2D eigenvalue weighted by Crippen LogP contribution is 2.35. The number of amides is 1. The Hall–Kier alpha value is -3.45. The van der Waals surface area contributed by atoms with Crippen LogP contribution in [0, 0.1) is 11.6 Å². The SMILES string of the molecule is O=C(CSc1nc(-c2ccccc2)c(-c2ccccc2)o1)Nc1ccc(F)cc1F. The lowest BCUT2D eigenvalue weighted by atomic mass is 10.1. The molecule has 0 bridgehead atoms. The normalized spacial score (nSPS) is 10.7. The smallest absolute Gasteiger partial charge is 0.257 e. The summed E-state index contributed by atoms with van der Waals surface area (Å²) in [5, 5.41) is 2.74. The fourth-order valence-corrected chi connectivity index (χ4v) is 3.47. The van der Waals surface area contributed by atoms with Gasteiger partial charge in [-0.15, -0.1) is 0 Å². The first-order valence-corrected chi connectivity index (χ1v) is 10.1. The van der Waals surface area contributed by atoms with Crippen molar-refractivity contribution < 1.29 is 18.0 Å². The number of anilines is 1. The molecule has 30 heavy (non-hydrogen) atoms. The number of thioether (sulfide) groups is 1. The molecule has 0 saturated carbocycles. The molecule has 1 amide bonds. The maximum atomic E-state index is 13.7. The van der Waals surface area contributed by atoms with Gasteiger partial charge in [0, 0.05) is 17.2 Å². The molecule has 1 N–H and O–H groups in total. The van der Waals surface area contributed by atoms with Crippen LogP contribution in [0.25, 0.3) is 22.6 Å². The molecule has 7 heteroatoms. The lowest BCUT2D eigenvalue weighted by molar-refractivity contribution is -0.113. The summed E-state index contributed by atoms with van der Waals surface area (Å²) in [7, 11) is 0. The molecule has 0 aliphatic heterocycles. The number of hydrogen-bond donors (Lipinski definition) is 1. The number of hydrogen-bond acceptors (Lipinski definition) is 4. The van der Waals surface area contributed by atoms with E-state index in [-0.39, 0.29) is 11.4 Å². The molecule has 150 valence electrons. The highest BCUT2D eigenvalue weighted by atomic mass is 32.2. The third-order valence-electron chi connectivity index (χ3n) is 4.22. The number of carbonyl (C=O) groups is 1. The molecule has 1 heterocycles. The van der Waals surface area contributed by atoms with Gasteiger partial charge in [0.2, 0.25) is 5.91 Å². The summed E-state index contributed by atoms with van der Waals surface area (Å²) in [5.74, 6) is -1.43. The predicted octanol–water partition coefficient (Wildman–Crippen LogP) is 6.02. The lowest BCUT2D eigenvalue weighted by Crippen LogP contribution is -2.15. The summed E-state index contributed by atoms with van der Waals surface area (Å²) >= 11 is 1.09. The van der Waals surface area contributed by atoms with E-state index in [9.17, 15) is 13.6 Å². The second-order valence-electron chi connectivity index (χ2n) is 6.35.